The number of ether oxygens (including phenoxy) is 2. The van der Waals surface area contributed by atoms with E-state index in [0.29, 0.717) is 29.1 Å². The van der Waals surface area contributed by atoms with Crippen molar-refractivity contribution in [2.45, 2.75) is 24.3 Å². The molecule has 35 heavy (non-hydrogen) atoms. The maximum Gasteiger partial charge on any atom is 0.329 e. The van der Waals surface area contributed by atoms with Gasteiger partial charge in [-0.2, -0.15) is 0 Å². The minimum absolute atomic E-state index is 0.0537. The average Bonchev–Trinajstić information content (AvgIpc) is 3.27. The largest absolute Gasteiger partial charge is 0.495 e. The first-order chi connectivity index (χ1) is 16.7. The number of carbonyl (C=O) groups is 2. The van der Waals surface area contributed by atoms with Crippen molar-refractivity contribution in [3.63, 3.8) is 0 Å². The molecule has 1 atom stereocenters. The van der Waals surface area contributed by atoms with Gasteiger partial charge in [0.05, 0.1) is 24.8 Å². The van der Waals surface area contributed by atoms with E-state index in [1.54, 1.807) is 49.4 Å². The molecule has 9 heteroatoms. The van der Waals surface area contributed by atoms with Crippen molar-refractivity contribution >= 4 is 33.3 Å². The molecule has 3 aromatic rings. The number of methoxy groups -OCH3 is 2. The number of carbonyl (C=O) groups excluding carboxylic acids is 2. The third-order valence-corrected chi connectivity index (χ3v) is 7.96. The number of anilines is 2. The molecule has 0 aliphatic carbocycles. The fourth-order valence-electron chi connectivity index (χ4n) is 4.26. The third-order valence-electron chi connectivity index (χ3n) is 6.19. The zero-order valence-electron chi connectivity index (χ0n) is 19.9. The van der Waals surface area contributed by atoms with Gasteiger partial charge in [-0.05, 0) is 48.4 Å². The first-order valence-electron chi connectivity index (χ1n) is 10.9. The quantitative estimate of drug-likeness (QED) is 0.487. The summed E-state index contributed by atoms with van der Waals surface area (Å²) < 4.78 is 38.4. The molecule has 1 aliphatic heterocycles. The van der Waals surface area contributed by atoms with Crippen molar-refractivity contribution in [1.82, 2.24) is 0 Å². The number of esters is 1. The van der Waals surface area contributed by atoms with Gasteiger partial charge in [0, 0.05) is 24.7 Å². The van der Waals surface area contributed by atoms with Gasteiger partial charge in [0.25, 0.3) is 15.9 Å². The van der Waals surface area contributed by atoms with Crippen LogP contribution in [0.15, 0.2) is 71.6 Å². The lowest BCUT2D eigenvalue weighted by Gasteiger charge is -2.25. The van der Waals surface area contributed by atoms with Crippen molar-refractivity contribution in [2.75, 3.05) is 30.5 Å². The Morgan fingerprint density at radius 1 is 1.00 bits per heavy atom. The standard InChI is InChI=1S/C26H26N2O6S/c1-17-13-14-19(35(31,32)27(2)22-11-7-8-12-24(22)33-3)16-20(17)25(29)28-21-10-6-5-9-18(21)15-23(28)26(30)34-4/h5-14,16,23H,15H2,1-4H3. The lowest BCUT2D eigenvalue weighted by Crippen LogP contribution is -2.43. The minimum atomic E-state index is -4.02. The van der Waals surface area contributed by atoms with Gasteiger partial charge in [0.2, 0.25) is 0 Å². The highest BCUT2D eigenvalue weighted by Crippen LogP contribution is 2.35. The molecule has 1 unspecified atom stereocenters. The Hall–Kier alpha value is -3.85. The van der Waals surface area contributed by atoms with Crippen LogP contribution in [0.3, 0.4) is 0 Å². The predicted molar refractivity (Wildman–Crippen MR) is 133 cm³/mol. The van der Waals surface area contributed by atoms with Crippen LogP contribution in [0.1, 0.15) is 21.5 Å². The number of para-hydroxylation sites is 3. The molecule has 4 rings (SSSR count). The maximum atomic E-state index is 13.8. The fraction of sp³-hybridized carbons (Fsp3) is 0.231. The number of nitrogens with zero attached hydrogens (tertiary/aromatic N) is 2. The molecule has 0 radical (unpaired) electrons. The van der Waals surface area contributed by atoms with Gasteiger partial charge in [0.1, 0.15) is 11.8 Å². The smallest absolute Gasteiger partial charge is 0.329 e. The number of hydrogen-bond acceptors (Lipinski definition) is 6. The van der Waals surface area contributed by atoms with Crippen molar-refractivity contribution in [3.05, 3.63) is 83.4 Å². The molecule has 0 bridgehead atoms. The monoisotopic (exact) mass is 494 g/mol. The van der Waals surface area contributed by atoms with Gasteiger partial charge in [-0.3, -0.25) is 14.0 Å². The molecule has 0 saturated carbocycles. The van der Waals surface area contributed by atoms with Gasteiger partial charge in [0.15, 0.2) is 0 Å². The molecule has 0 aromatic heterocycles. The van der Waals surface area contributed by atoms with E-state index in [1.165, 1.54) is 38.3 Å². The number of rotatable bonds is 6. The van der Waals surface area contributed by atoms with E-state index in [4.69, 9.17) is 9.47 Å². The highest BCUT2D eigenvalue weighted by atomic mass is 32.2. The van der Waals surface area contributed by atoms with Crippen LogP contribution in [0.25, 0.3) is 0 Å². The van der Waals surface area contributed by atoms with Crippen LogP contribution in [0.2, 0.25) is 0 Å². The molecule has 8 nitrogen and oxygen atoms in total. The summed E-state index contributed by atoms with van der Waals surface area (Å²) in [7, 11) is 0.148. The van der Waals surface area contributed by atoms with Gasteiger partial charge in [-0.15, -0.1) is 0 Å². The molecular formula is C26H26N2O6S. The molecular weight excluding hydrogens is 468 g/mol. The number of hydrogen-bond donors (Lipinski definition) is 0. The fourth-order valence-corrected chi connectivity index (χ4v) is 5.49. The van der Waals surface area contributed by atoms with E-state index in [2.05, 4.69) is 0 Å². The van der Waals surface area contributed by atoms with E-state index in [0.717, 1.165) is 9.87 Å². The second-order valence-corrected chi connectivity index (χ2v) is 10.1. The molecule has 0 fully saturated rings. The Kier molecular flexibility index (Phi) is 6.53. The van der Waals surface area contributed by atoms with Gasteiger partial charge in [-0.25, -0.2) is 13.2 Å². The van der Waals surface area contributed by atoms with Gasteiger partial charge < -0.3 is 9.47 Å². The number of aryl methyl sites for hydroxylation is 1. The first kappa shape index (κ1) is 24.3. The van der Waals surface area contributed by atoms with Gasteiger partial charge >= 0.3 is 5.97 Å². The summed E-state index contributed by atoms with van der Waals surface area (Å²) in [6.07, 6.45) is 0.322. The van der Waals surface area contributed by atoms with Crippen LogP contribution < -0.4 is 13.9 Å². The first-order valence-corrected chi connectivity index (χ1v) is 12.4. The van der Waals surface area contributed by atoms with Crippen LogP contribution in [0, 0.1) is 6.92 Å². The van der Waals surface area contributed by atoms with Crippen LogP contribution in [0.4, 0.5) is 11.4 Å². The second-order valence-electron chi connectivity index (χ2n) is 8.17. The molecule has 1 aliphatic rings. The van der Waals surface area contributed by atoms with Crippen LogP contribution in [-0.2, 0) is 26.0 Å². The highest BCUT2D eigenvalue weighted by Gasteiger charge is 2.40. The SMILES string of the molecule is COC(=O)C1Cc2ccccc2N1C(=O)c1cc(S(=O)(=O)N(C)c2ccccc2OC)ccc1C. The van der Waals surface area contributed by atoms with E-state index >= 15 is 0 Å². The highest BCUT2D eigenvalue weighted by molar-refractivity contribution is 7.92. The van der Waals surface area contributed by atoms with Gasteiger partial charge in [-0.1, -0.05) is 36.4 Å². The molecule has 0 N–H and O–H groups in total. The summed E-state index contributed by atoms with van der Waals surface area (Å²) in [5.74, 6) is -0.608. The van der Waals surface area contributed by atoms with Crippen molar-refractivity contribution in [2.24, 2.45) is 0 Å². The van der Waals surface area contributed by atoms with Crippen molar-refractivity contribution in [1.29, 1.82) is 0 Å². The maximum absolute atomic E-state index is 13.8. The Bertz CT molecular complexity index is 1400. The molecule has 182 valence electrons. The van der Waals surface area contributed by atoms with E-state index in [-0.39, 0.29) is 10.5 Å². The van der Waals surface area contributed by atoms with Crippen LogP contribution in [-0.4, -0.2) is 47.6 Å². The zero-order chi connectivity index (χ0) is 25.3. The Balaban J connectivity index is 1.77. The molecule has 0 saturated heterocycles. The number of fused-ring (bicyclic) bond motifs is 1. The summed E-state index contributed by atoms with van der Waals surface area (Å²) in [5.41, 5.74) is 2.58. The number of benzene rings is 3. The van der Waals surface area contributed by atoms with E-state index < -0.39 is 27.9 Å². The van der Waals surface area contributed by atoms with Crippen LogP contribution in [0.5, 0.6) is 5.75 Å². The Labute approximate surface area is 204 Å². The Morgan fingerprint density at radius 2 is 1.69 bits per heavy atom. The van der Waals surface area contributed by atoms with Crippen LogP contribution >= 0.6 is 0 Å². The molecule has 0 spiro atoms. The topological polar surface area (TPSA) is 93.2 Å². The van der Waals surface area contributed by atoms with Crippen molar-refractivity contribution in [3.8, 4) is 5.75 Å². The number of sulfonamides is 1. The van der Waals surface area contributed by atoms with Crippen molar-refractivity contribution < 1.29 is 27.5 Å². The lowest BCUT2D eigenvalue weighted by molar-refractivity contribution is -0.141. The normalized spacial score (nSPS) is 14.9. The average molecular weight is 495 g/mol. The molecule has 1 amide bonds. The minimum Gasteiger partial charge on any atom is -0.495 e. The summed E-state index contributed by atoms with van der Waals surface area (Å²) >= 11 is 0. The summed E-state index contributed by atoms with van der Waals surface area (Å²) in [6.45, 7) is 1.72. The summed E-state index contributed by atoms with van der Waals surface area (Å²) in [4.78, 5) is 27.6. The summed E-state index contributed by atoms with van der Waals surface area (Å²) in [6, 6.07) is 17.6. The zero-order valence-corrected chi connectivity index (χ0v) is 20.7. The Morgan fingerprint density at radius 3 is 2.40 bits per heavy atom. The molecule has 3 aromatic carbocycles. The van der Waals surface area contributed by atoms with E-state index in [1.807, 2.05) is 12.1 Å². The lowest BCUT2D eigenvalue weighted by atomic mass is 10.1. The predicted octanol–water partition coefficient (Wildman–Crippen LogP) is 3.57. The second kappa shape index (κ2) is 9.42. The molecule has 1 heterocycles. The van der Waals surface area contributed by atoms with E-state index in [9.17, 15) is 18.0 Å². The third kappa shape index (κ3) is 4.23. The number of amides is 1. The summed E-state index contributed by atoms with van der Waals surface area (Å²) in [5, 5.41) is 0.